The van der Waals surface area contributed by atoms with Crippen LogP contribution in [0.3, 0.4) is 0 Å². The fraction of sp³-hybridized carbons (Fsp3) is 0.625. The smallest absolute Gasteiger partial charge is 0.172 e. The van der Waals surface area contributed by atoms with Gasteiger partial charge in [0.2, 0.25) is 0 Å². The summed E-state index contributed by atoms with van der Waals surface area (Å²) >= 11 is 3.33. The quantitative estimate of drug-likeness (QED) is 0.731. The maximum Gasteiger partial charge on any atom is 0.172 e. The summed E-state index contributed by atoms with van der Waals surface area (Å²) in [7, 11) is 1.54. The number of hydrogen-bond acceptors (Lipinski definition) is 4. The van der Waals surface area contributed by atoms with Crippen LogP contribution in [0.1, 0.15) is 37.7 Å². The lowest BCUT2D eigenvalue weighted by atomic mass is 9.74. The Morgan fingerprint density at radius 2 is 2.00 bits per heavy atom. The topological polar surface area (TPSA) is 61.7 Å². The highest BCUT2D eigenvalue weighted by Gasteiger charge is 2.30. The van der Waals surface area contributed by atoms with Gasteiger partial charge in [-0.25, -0.2) is 0 Å². The number of aromatic hydroxyl groups is 1. The predicted molar refractivity (Wildman–Crippen MR) is 86.7 cm³/mol. The van der Waals surface area contributed by atoms with Crippen LogP contribution in [0.4, 0.5) is 0 Å². The molecule has 1 aromatic rings. The van der Waals surface area contributed by atoms with Crippen molar-refractivity contribution >= 4 is 15.9 Å². The van der Waals surface area contributed by atoms with Crippen molar-refractivity contribution in [1.29, 1.82) is 0 Å². The monoisotopic (exact) mass is 357 g/mol. The molecule has 0 amide bonds. The van der Waals surface area contributed by atoms with Crippen molar-refractivity contribution in [3.8, 4) is 11.5 Å². The summed E-state index contributed by atoms with van der Waals surface area (Å²) in [5, 5.41) is 22.9. The van der Waals surface area contributed by atoms with Gasteiger partial charge in [0.25, 0.3) is 0 Å². The molecule has 0 radical (unpaired) electrons. The van der Waals surface area contributed by atoms with Crippen LogP contribution in [-0.2, 0) is 6.54 Å². The molecule has 0 bridgehead atoms. The first-order valence-electron chi connectivity index (χ1n) is 7.47. The van der Waals surface area contributed by atoms with Gasteiger partial charge in [-0.1, -0.05) is 19.3 Å². The van der Waals surface area contributed by atoms with Crippen LogP contribution in [-0.4, -0.2) is 30.5 Å². The van der Waals surface area contributed by atoms with Gasteiger partial charge < -0.3 is 20.3 Å². The van der Waals surface area contributed by atoms with Gasteiger partial charge in [0.15, 0.2) is 11.5 Å². The molecule has 0 heterocycles. The molecule has 118 valence electrons. The molecule has 21 heavy (non-hydrogen) atoms. The Labute approximate surface area is 134 Å². The minimum Gasteiger partial charge on any atom is -0.503 e. The normalized spacial score (nSPS) is 17.7. The van der Waals surface area contributed by atoms with Crippen LogP contribution in [0.5, 0.6) is 11.5 Å². The molecule has 0 unspecified atom stereocenters. The highest BCUT2D eigenvalue weighted by Crippen LogP contribution is 2.36. The molecule has 1 saturated carbocycles. The third-order valence-electron chi connectivity index (χ3n) is 4.39. The van der Waals surface area contributed by atoms with Crippen LogP contribution >= 0.6 is 15.9 Å². The summed E-state index contributed by atoms with van der Waals surface area (Å²) in [6.07, 6.45) is 5.89. The number of rotatable bonds is 6. The first-order valence-corrected chi connectivity index (χ1v) is 8.26. The molecule has 0 spiro atoms. The Bertz CT molecular complexity index is 473. The van der Waals surface area contributed by atoms with Crippen LogP contribution < -0.4 is 10.1 Å². The van der Waals surface area contributed by atoms with E-state index < -0.39 is 0 Å². The summed E-state index contributed by atoms with van der Waals surface area (Å²) in [4.78, 5) is 0. The first-order chi connectivity index (χ1) is 10.1. The van der Waals surface area contributed by atoms with Crippen LogP contribution in [0.15, 0.2) is 16.6 Å². The van der Waals surface area contributed by atoms with E-state index >= 15 is 0 Å². The molecule has 0 aromatic heterocycles. The third kappa shape index (κ3) is 4.11. The maximum atomic E-state index is 9.81. The van der Waals surface area contributed by atoms with Crippen molar-refractivity contribution in [2.75, 3.05) is 20.3 Å². The van der Waals surface area contributed by atoms with Crippen molar-refractivity contribution in [2.24, 2.45) is 5.41 Å². The Kier molecular flexibility index (Phi) is 5.90. The molecule has 1 aliphatic rings. The third-order valence-corrected chi connectivity index (χ3v) is 4.99. The van der Waals surface area contributed by atoms with Crippen molar-refractivity contribution in [2.45, 2.75) is 38.6 Å². The van der Waals surface area contributed by atoms with E-state index in [1.54, 1.807) is 7.11 Å². The standard InChI is InChI=1S/C16H24BrNO3/c1-21-14-8-12(7-13(17)15(14)20)9-18-10-16(11-19)5-3-2-4-6-16/h7-8,18-20H,2-6,9-11H2,1H3. The van der Waals surface area contributed by atoms with E-state index in [1.807, 2.05) is 12.1 Å². The second-order valence-corrected chi connectivity index (χ2v) is 6.81. The van der Waals surface area contributed by atoms with Crippen molar-refractivity contribution in [3.05, 3.63) is 22.2 Å². The van der Waals surface area contributed by atoms with Crippen molar-refractivity contribution in [3.63, 3.8) is 0 Å². The number of methoxy groups -OCH3 is 1. The number of benzene rings is 1. The largest absolute Gasteiger partial charge is 0.503 e. The molecule has 4 nitrogen and oxygen atoms in total. The second-order valence-electron chi connectivity index (χ2n) is 5.95. The van der Waals surface area contributed by atoms with Crippen LogP contribution in [0, 0.1) is 5.41 Å². The average Bonchev–Trinajstić information content (AvgIpc) is 2.51. The van der Waals surface area contributed by atoms with Gasteiger partial charge in [-0.2, -0.15) is 0 Å². The SMILES string of the molecule is COc1cc(CNCC2(CO)CCCCC2)cc(Br)c1O. The van der Waals surface area contributed by atoms with Crippen molar-refractivity contribution in [1.82, 2.24) is 5.32 Å². The zero-order valence-corrected chi connectivity index (χ0v) is 14.1. The number of phenols is 1. The van der Waals surface area contributed by atoms with E-state index in [0.29, 0.717) is 16.8 Å². The van der Waals surface area contributed by atoms with E-state index in [1.165, 1.54) is 19.3 Å². The summed E-state index contributed by atoms with van der Waals surface area (Å²) in [6.45, 7) is 1.77. The summed E-state index contributed by atoms with van der Waals surface area (Å²) < 4.78 is 5.79. The number of aliphatic hydroxyl groups is 1. The maximum absolute atomic E-state index is 9.81. The molecule has 3 N–H and O–H groups in total. The van der Waals surface area contributed by atoms with Gasteiger partial charge in [-0.05, 0) is 46.5 Å². The second kappa shape index (κ2) is 7.47. The zero-order valence-electron chi connectivity index (χ0n) is 12.5. The molecule has 1 aliphatic carbocycles. The lowest BCUT2D eigenvalue weighted by molar-refractivity contribution is 0.0810. The van der Waals surface area contributed by atoms with Crippen LogP contribution in [0.25, 0.3) is 0 Å². The number of nitrogens with one attached hydrogen (secondary N) is 1. The van der Waals surface area contributed by atoms with Gasteiger partial charge >= 0.3 is 0 Å². The Balaban J connectivity index is 1.95. The van der Waals surface area contributed by atoms with Crippen molar-refractivity contribution < 1.29 is 14.9 Å². The van der Waals surface area contributed by atoms with E-state index in [-0.39, 0.29) is 17.8 Å². The zero-order chi connectivity index (χ0) is 15.3. The van der Waals surface area contributed by atoms with E-state index in [0.717, 1.165) is 24.9 Å². The fourth-order valence-corrected chi connectivity index (χ4v) is 3.54. The molecular weight excluding hydrogens is 334 g/mol. The summed E-state index contributed by atoms with van der Waals surface area (Å²) in [5.74, 6) is 0.594. The van der Waals surface area contributed by atoms with Gasteiger partial charge in [0, 0.05) is 25.1 Å². The minimum absolute atomic E-state index is 0.0382. The van der Waals surface area contributed by atoms with Gasteiger partial charge in [-0.3, -0.25) is 0 Å². The minimum atomic E-state index is 0.0382. The highest BCUT2D eigenvalue weighted by atomic mass is 79.9. The number of hydrogen-bond donors (Lipinski definition) is 3. The van der Waals surface area contributed by atoms with Gasteiger partial charge in [0.1, 0.15) is 0 Å². The predicted octanol–water partition coefficient (Wildman–Crippen LogP) is 3.20. The van der Waals surface area contributed by atoms with Crippen LogP contribution in [0.2, 0.25) is 0 Å². The fourth-order valence-electron chi connectivity index (χ4n) is 3.05. The van der Waals surface area contributed by atoms with Gasteiger partial charge in [0.05, 0.1) is 11.6 Å². The molecule has 0 atom stereocenters. The summed E-state index contributed by atoms with van der Waals surface area (Å²) in [6, 6.07) is 3.72. The molecule has 5 heteroatoms. The highest BCUT2D eigenvalue weighted by molar-refractivity contribution is 9.10. The number of phenolic OH excluding ortho intramolecular Hbond substituents is 1. The van der Waals surface area contributed by atoms with E-state index in [9.17, 15) is 10.2 Å². The Morgan fingerprint density at radius 1 is 1.29 bits per heavy atom. The number of aliphatic hydroxyl groups excluding tert-OH is 1. The molecule has 0 saturated heterocycles. The molecule has 1 fully saturated rings. The van der Waals surface area contributed by atoms with E-state index in [4.69, 9.17) is 4.74 Å². The Morgan fingerprint density at radius 3 is 2.62 bits per heavy atom. The number of ether oxygens (including phenoxy) is 1. The lowest BCUT2D eigenvalue weighted by Gasteiger charge is -2.35. The first kappa shape index (κ1) is 16.6. The average molecular weight is 358 g/mol. The Hall–Kier alpha value is -0.780. The molecular formula is C16H24BrNO3. The lowest BCUT2D eigenvalue weighted by Crippen LogP contribution is -2.38. The molecule has 0 aliphatic heterocycles. The summed E-state index contributed by atoms with van der Waals surface area (Å²) in [5.41, 5.74) is 1.08. The molecule has 1 aromatic carbocycles. The van der Waals surface area contributed by atoms with E-state index in [2.05, 4.69) is 21.2 Å². The van der Waals surface area contributed by atoms with Gasteiger partial charge in [-0.15, -0.1) is 0 Å². The number of halogens is 1. The molecule has 2 rings (SSSR count).